The summed E-state index contributed by atoms with van der Waals surface area (Å²) in [6.07, 6.45) is 0.355. The van der Waals surface area contributed by atoms with Crippen molar-refractivity contribution < 1.29 is 51.5 Å². The largest absolute Gasteiger partial charge is 0.490 e. The van der Waals surface area contributed by atoms with Crippen molar-refractivity contribution in [1.29, 1.82) is 0 Å². The maximum Gasteiger partial charge on any atom is 0.490 e. The molecular weight excluding hydrogens is 461 g/mol. The molecule has 0 aromatic carbocycles. The summed E-state index contributed by atoms with van der Waals surface area (Å²) >= 11 is 0. The minimum atomic E-state index is -5.63. The van der Waals surface area contributed by atoms with Crippen LogP contribution in [0.5, 0.6) is 0 Å². The maximum atomic E-state index is 11.9. The van der Waals surface area contributed by atoms with E-state index in [-0.39, 0.29) is 18.4 Å². The van der Waals surface area contributed by atoms with Crippen LogP contribution in [0, 0.1) is 12.8 Å². The summed E-state index contributed by atoms with van der Waals surface area (Å²) in [5.41, 5.74) is -1.00. The second-order valence-electron chi connectivity index (χ2n) is 6.32. The summed E-state index contributed by atoms with van der Waals surface area (Å²) < 4.78 is 46.5. The highest BCUT2D eigenvalue weighted by Gasteiger charge is 2.42. The van der Waals surface area contributed by atoms with Crippen LogP contribution in [0.4, 0.5) is 0 Å². The van der Waals surface area contributed by atoms with Gasteiger partial charge in [-0.05, 0) is 19.8 Å². The Kier molecular flexibility index (Phi) is 7.26. The minimum absolute atomic E-state index is 0.0514. The molecule has 1 aliphatic rings. The van der Waals surface area contributed by atoms with Crippen LogP contribution in [0.2, 0.25) is 0 Å². The second-order valence-corrected chi connectivity index (χ2v) is 10.7. The average molecular weight is 480 g/mol. The number of aromatic nitrogens is 2. The van der Waals surface area contributed by atoms with Gasteiger partial charge in [-0.3, -0.25) is 18.9 Å². The SMILES string of the molecule is Cc1cn([C@@H]2C[C@H](COP(=O)(O)OP(=O)(O)OP(=O)(O)O)[C@H](O)C2)c(=O)[nH]c1=O. The summed E-state index contributed by atoms with van der Waals surface area (Å²) in [5.74, 6) is -0.802. The summed E-state index contributed by atoms with van der Waals surface area (Å²) in [4.78, 5) is 61.0. The lowest BCUT2D eigenvalue weighted by Crippen LogP contribution is -2.32. The van der Waals surface area contributed by atoms with Crippen molar-refractivity contribution >= 4 is 23.5 Å². The molecule has 15 nitrogen and oxygen atoms in total. The zero-order chi connectivity index (χ0) is 22.2. The number of hydrogen-bond donors (Lipinski definition) is 6. The molecule has 0 saturated heterocycles. The molecule has 0 bridgehead atoms. The number of nitrogens with zero attached hydrogens (tertiary/aromatic N) is 1. The topological polar surface area (TPSA) is 235 Å². The second kappa shape index (κ2) is 8.66. The zero-order valence-corrected chi connectivity index (χ0v) is 17.4. The highest BCUT2D eigenvalue weighted by molar-refractivity contribution is 7.66. The molecule has 1 aromatic rings. The number of aryl methyl sites for hydroxylation is 1. The molecule has 5 atom stereocenters. The quantitative estimate of drug-likeness (QED) is 0.258. The Morgan fingerprint density at radius 3 is 2.31 bits per heavy atom. The Morgan fingerprint density at radius 1 is 1.10 bits per heavy atom. The van der Waals surface area contributed by atoms with Crippen molar-refractivity contribution in [3.8, 4) is 0 Å². The van der Waals surface area contributed by atoms with E-state index in [0.717, 1.165) is 0 Å². The summed E-state index contributed by atoms with van der Waals surface area (Å²) in [5, 5.41) is 10.1. The Labute approximate surface area is 162 Å². The third-order valence-corrected chi connectivity index (χ3v) is 7.84. The van der Waals surface area contributed by atoms with Gasteiger partial charge >= 0.3 is 29.2 Å². The molecule has 2 rings (SSSR count). The van der Waals surface area contributed by atoms with E-state index >= 15 is 0 Å². The van der Waals surface area contributed by atoms with Gasteiger partial charge in [0.05, 0.1) is 12.7 Å². The third-order valence-electron chi connectivity index (χ3n) is 4.04. The van der Waals surface area contributed by atoms with Crippen LogP contribution in [-0.2, 0) is 26.8 Å². The fraction of sp³-hybridized carbons (Fsp3) is 0.636. The van der Waals surface area contributed by atoms with E-state index in [2.05, 4.69) is 18.1 Å². The van der Waals surface area contributed by atoms with Crippen molar-refractivity contribution in [2.75, 3.05) is 6.61 Å². The summed E-state index contributed by atoms with van der Waals surface area (Å²) in [6.45, 7) is 0.825. The van der Waals surface area contributed by atoms with Gasteiger partial charge in [-0.1, -0.05) is 0 Å². The van der Waals surface area contributed by atoms with Crippen LogP contribution in [0.1, 0.15) is 24.4 Å². The predicted octanol–water partition coefficient (Wildman–Crippen LogP) is -0.500. The van der Waals surface area contributed by atoms with E-state index in [1.807, 2.05) is 0 Å². The van der Waals surface area contributed by atoms with Crippen LogP contribution < -0.4 is 11.2 Å². The number of H-pyrrole nitrogens is 1. The van der Waals surface area contributed by atoms with E-state index in [0.29, 0.717) is 0 Å². The van der Waals surface area contributed by atoms with E-state index in [4.69, 9.17) is 14.7 Å². The summed E-state index contributed by atoms with van der Waals surface area (Å²) in [7, 11) is -16.4. The lowest BCUT2D eigenvalue weighted by Gasteiger charge is -2.19. The van der Waals surface area contributed by atoms with E-state index in [1.165, 1.54) is 17.7 Å². The van der Waals surface area contributed by atoms with Gasteiger partial charge in [0.2, 0.25) is 0 Å². The minimum Gasteiger partial charge on any atom is -0.393 e. The Bertz CT molecular complexity index is 1010. The van der Waals surface area contributed by atoms with Gasteiger partial charge < -0.3 is 24.7 Å². The number of aliphatic hydroxyl groups is 1. The van der Waals surface area contributed by atoms with E-state index in [1.54, 1.807) is 0 Å². The number of phosphoric ester groups is 1. The monoisotopic (exact) mass is 480 g/mol. The first-order valence-electron chi connectivity index (χ1n) is 7.87. The Morgan fingerprint density at radius 2 is 1.72 bits per heavy atom. The number of hydrogen-bond acceptors (Lipinski definition) is 9. The molecule has 0 amide bonds. The first kappa shape index (κ1) is 24.3. The molecule has 0 spiro atoms. The predicted molar refractivity (Wildman–Crippen MR) is 93.6 cm³/mol. The molecule has 1 heterocycles. The van der Waals surface area contributed by atoms with Gasteiger partial charge in [0.15, 0.2) is 0 Å². The molecule has 0 aliphatic heterocycles. The molecule has 1 fully saturated rings. The first-order chi connectivity index (χ1) is 13.1. The molecule has 2 unspecified atom stereocenters. The van der Waals surface area contributed by atoms with Gasteiger partial charge in [-0.25, -0.2) is 18.5 Å². The maximum absolute atomic E-state index is 11.9. The smallest absolute Gasteiger partial charge is 0.393 e. The lowest BCUT2D eigenvalue weighted by molar-refractivity contribution is 0.0834. The van der Waals surface area contributed by atoms with Crippen LogP contribution in [-0.4, -0.2) is 46.9 Å². The number of aromatic amines is 1. The van der Waals surface area contributed by atoms with Crippen LogP contribution in [0.3, 0.4) is 0 Å². The molecule has 1 saturated carbocycles. The van der Waals surface area contributed by atoms with Crippen LogP contribution in [0.15, 0.2) is 15.8 Å². The Hall–Kier alpha value is -0.950. The number of nitrogens with one attached hydrogen (secondary N) is 1. The lowest BCUT2D eigenvalue weighted by atomic mass is 10.1. The number of aliphatic hydroxyl groups excluding tert-OH is 1. The highest BCUT2D eigenvalue weighted by Crippen LogP contribution is 2.66. The molecule has 166 valence electrons. The number of phosphoric acid groups is 3. The van der Waals surface area contributed by atoms with Crippen LogP contribution in [0.25, 0.3) is 0 Å². The van der Waals surface area contributed by atoms with Gasteiger partial charge in [0.1, 0.15) is 0 Å². The first-order valence-corrected chi connectivity index (χ1v) is 12.4. The van der Waals surface area contributed by atoms with Crippen molar-refractivity contribution in [3.63, 3.8) is 0 Å². The van der Waals surface area contributed by atoms with E-state index in [9.17, 15) is 33.3 Å². The zero-order valence-electron chi connectivity index (χ0n) is 14.7. The van der Waals surface area contributed by atoms with Gasteiger partial charge in [0, 0.05) is 23.7 Å². The van der Waals surface area contributed by atoms with Gasteiger partial charge in [-0.15, -0.1) is 0 Å². The molecule has 18 heteroatoms. The fourth-order valence-electron chi connectivity index (χ4n) is 2.83. The van der Waals surface area contributed by atoms with Crippen LogP contribution >= 0.6 is 23.5 Å². The molecule has 29 heavy (non-hydrogen) atoms. The highest BCUT2D eigenvalue weighted by atomic mass is 31.3. The van der Waals surface area contributed by atoms with Crippen molar-refractivity contribution in [2.24, 2.45) is 5.92 Å². The average Bonchev–Trinajstić information content (AvgIpc) is 2.86. The Balaban J connectivity index is 2.03. The van der Waals surface area contributed by atoms with Gasteiger partial charge in [0.25, 0.3) is 5.56 Å². The van der Waals surface area contributed by atoms with Crippen molar-refractivity contribution in [2.45, 2.75) is 31.9 Å². The van der Waals surface area contributed by atoms with Crippen molar-refractivity contribution in [3.05, 3.63) is 32.6 Å². The third kappa shape index (κ3) is 7.06. The standard InChI is InChI=1S/C11H19N2O13P3/c1-6-4-13(11(16)12-10(6)15)8-2-7(9(14)3-8)5-24-28(20,21)26-29(22,23)25-27(17,18)19/h4,7-9,14H,2-3,5H2,1H3,(H,20,21)(H,22,23)(H,12,15,16)(H2,17,18,19)/t7-,8-,9-/m1/s1. The van der Waals surface area contributed by atoms with Gasteiger partial charge in [-0.2, -0.15) is 8.62 Å². The molecule has 0 radical (unpaired) electrons. The molecule has 6 N–H and O–H groups in total. The molecule has 1 aliphatic carbocycles. The normalized spacial score (nSPS) is 26.8. The van der Waals surface area contributed by atoms with E-state index < -0.39 is 59.4 Å². The molecular formula is C11H19N2O13P3. The number of rotatable bonds is 8. The molecule has 1 aromatic heterocycles. The summed E-state index contributed by atoms with van der Waals surface area (Å²) in [6, 6.07) is -0.567. The van der Waals surface area contributed by atoms with Crippen molar-refractivity contribution in [1.82, 2.24) is 9.55 Å². The fourth-order valence-corrected chi connectivity index (χ4v) is 5.91.